The van der Waals surface area contributed by atoms with E-state index in [0.717, 1.165) is 11.1 Å². The molecular formula is C39H44F2N4O6S. The number of nitrogens with zero attached hydrogens (tertiary/aromatic N) is 3. The van der Waals surface area contributed by atoms with Gasteiger partial charge >= 0.3 is 5.97 Å². The summed E-state index contributed by atoms with van der Waals surface area (Å²) in [7, 11) is -3.62. The number of hydrogen-bond acceptors (Lipinski definition) is 7. The third kappa shape index (κ3) is 8.05. The second kappa shape index (κ2) is 14.4. The topological polar surface area (TPSA) is 147 Å². The molecule has 0 saturated heterocycles. The van der Waals surface area contributed by atoms with E-state index in [-0.39, 0.29) is 53.8 Å². The summed E-state index contributed by atoms with van der Waals surface area (Å²) in [5, 5.41) is 25.3. The van der Waals surface area contributed by atoms with Crippen LogP contribution in [0.15, 0.2) is 60.8 Å². The molecule has 0 radical (unpaired) electrons. The van der Waals surface area contributed by atoms with Crippen LogP contribution in [0.2, 0.25) is 0 Å². The number of H-pyrrole nitrogens is 1. The number of aliphatic carboxylic acids is 1. The van der Waals surface area contributed by atoms with E-state index in [2.05, 4.69) is 4.98 Å². The number of carboxylic acids is 1. The lowest BCUT2D eigenvalue weighted by atomic mass is 9.75. The number of benzene rings is 3. The summed E-state index contributed by atoms with van der Waals surface area (Å²) in [6.07, 6.45) is 2.65. The van der Waals surface area contributed by atoms with Crippen LogP contribution in [0, 0.1) is 17.0 Å². The minimum Gasteiger partial charge on any atom is -0.481 e. The fourth-order valence-corrected chi connectivity index (χ4v) is 9.21. The van der Waals surface area contributed by atoms with E-state index in [1.54, 1.807) is 19.2 Å². The van der Waals surface area contributed by atoms with Gasteiger partial charge in [0.2, 0.25) is 0 Å². The molecule has 6 rings (SSSR count). The molecule has 3 aromatic carbocycles. The van der Waals surface area contributed by atoms with Crippen molar-refractivity contribution < 1.29 is 36.9 Å². The Labute approximate surface area is 301 Å². The van der Waals surface area contributed by atoms with Crippen LogP contribution in [0.25, 0.3) is 22.3 Å². The summed E-state index contributed by atoms with van der Waals surface area (Å²) in [4.78, 5) is 19.3. The lowest BCUT2D eigenvalue weighted by Crippen LogP contribution is -2.29. The van der Waals surface area contributed by atoms with Crippen molar-refractivity contribution in [1.82, 2.24) is 19.7 Å². The number of ether oxygens (including phenoxy) is 1. The van der Waals surface area contributed by atoms with Crippen molar-refractivity contribution in [2.45, 2.75) is 84.3 Å². The van der Waals surface area contributed by atoms with Gasteiger partial charge in [-0.2, -0.15) is 5.10 Å². The molecular weight excluding hydrogens is 691 g/mol. The molecule has 4 bridgehead atoms. The van der Waals surface area contributed by atoms with Crippen molar-refractivity contribution in [3.8, 4) is 22.9 Å². The van der Waals surface area contributed by atoms with Gasteiger partial charge in [0.25, 0.3) is 0 Å². The van der Waals surface area contributed by atoms with E-state index in [0.29, 0.717) is 48.0 Å². The molecule has 0 aliphatic carbocycles. The molecule has 1 aliphatic rings. The van der Waals surface area contributed by atoms with Gasteiger partial charge < -0.3 is 19.9 Å². The SMILES string of the molecule is CC(O)Cn1nc2nc1-c1cc(ccc1F)Oc1c(F)cc3[nH]ccc3c1CCS(=O)(=O)CC(C)(C)CCC[C@]2(C)c1cccc(CCC(=O)O)c1. The molecule has 0 fully saturated rings. The maximum atomic E-state index is 15.8. The number of hydrogen-bond donors (Lipinski definition) is 3. The molecule has 3 N–H and O–H groups in total. The number of halogens is 2. The molecule has 5 aromatic rings. The fourth-order valence-electron chi connectivity index (χ4n) is 7.22. The maximum absolute atomic E-state index is 15.8. The summed E-state index contributed by atoms with van der Waals surface area (Å²) < 4.78 is 66.5. The molecule has 13 heteroatoms. The Kier molecular flexibility index (Phi) is 10.3. The maximum Gasteiger partial charge on any atom is 0.303 e. The minimum atomic E-state index is -3.62. The molecule has 2 atom stereocenters. The van der Waals surface area contributed by atoms with Crippen LogP contribution in [-0.4, -0.2) is 62.0 Å². The zero-order valence-electron chi connectivity index (χ0n) is 29.7. The Morgan fingerprint density at radius 3 is 2.62 bits per heavy atom. The first-order valence-corrected chi connectivity index (χ1v) is 19.3. The van der Waals surface area contributed by atoms with Gasteiger partial charge in [0, 0.05) is 35.2 Å². The molecule has 1 aliphatic heterocycles. The van der Waals surface area contributed by atoms with Crippen LogP contribution < -0.4 is 4.74 Å². The Bertz CT molecular complexity index is 2230. The Hall–Kier alpha value is -4.62. The predicted octanol–water partition coefficient (Wildman–Crippen LogP) is 7.37. The van der Waals surface area contributed by atoms with E-state index in [4.69, 9.17) is 14.8 Å². The average Bonchev–Trinajstić information content (AvgIpc) is 3.70. The van der Waals surface area contributed by atoms with Crippen LogP contribution in [0.3, 0.4) is 0 Å². The number of rotatable bonds is 6. The van der Waals surface area contributed by atoms with Gasteiger partial charge in [-0.25, -0.2) is 26.9 Å². The third-order valence-electron chi connectivity index (χ3n) is 9.86. The number of fused-ring (bicyclic) bond motifs is 8. The normalized spacial score (nSPS) is 19.6. The Morgan fingerprint density at radius 2 is 1.87 bits per heavy atom. The molecule has 52 heavy (non-hydrogen) atoms. The smallest absolute Gasteiger partial charge is 0.303 e. The van der Waals surface area contributed by atoms with Crippen molar-refractivity contribution in [3.05, 3.63) is 94.9 Å². The lowest BCUT2D eigenvalue weighted by molar-refractivity contribution is -0.136. The summed E-state index contributed by atoms with van der Waals surface area (Å²) in [5.74, 6) is -2.14. The van der Waals surface area contributed by atoms with Gasteiger partial charge in [-0.15, -0.1) is 0 Å². The first kappa shape index (κ1) is 37.1. The Morgan fingerprint density at radius 1 is 1.08 bits per heavy atom. The van der Waals surface area contributed by atoms with Crippen LogP contribution in [0.1, 0.15) is 75.9 Å². The highest BCUT2D eigenvalue weighted by Gasteiger charge is 2.36. The number of aromatic nitrogens is 4. The average molecular weight is 735 g/mol. The van der Waals surface area contributed by atoms with Crippen LogP contribution in [0.5, 0.6) is 11.5 Å². The van der Waals surface area contributed by atoms with Crippen molar-refractivity contribution in [3.63, 3.8) is 0 Å². The quantitative estimate of drug-likeness (QED) is 0.164. The number of aliphatic hydroxyl groups excluding tert-OH is 1. The number of carbonyl (C=O) groups is 1. The molecule has 0 spiro atoms. The van der Waals surface area contributed by atoms with E-state index >= 15 is 8.78 Å². The lowest BCUT2D eigenvalue weighted by Gasteiger charge is -2.31. The zero-order valence-corrected chi connectivity index (χ0v) is 30.6. The summed E-state index contributed by atoms with van der Waals surface area (Å²) in [6.45, 7) is 7.38. The largest absolute Gasteiger partial charge is 0.481 e. The summed E-state index contributed by atoms with van der Waals surface area (Å²) in [5.41, 5.74) is 1.02. The van der Waals surface area contributed by atoms with E-state index in [9.17, 15) is 23.4 Å². The van der Waals surface area contributed by atoms with Gasteiger partial charge in [-0.3, -0.25) is 4.79 Å². The zero-order chi connectivity index (χ0) is 37.4. The first-order chi connectivity index (χ1) is 24.5. The van der Waals surface area contributed by atoms with E-state index in [1.807, 2.05) is 45.0 Å². The highest BCUT2D eigenvalue weighted by molar-refractivity contribution is 7.91. The second-order valence-electron chi connectivity index (χ2n) is 14.9. The summed E-state index contributed by atoms with van der Waals surface area (Å²) in [6, 6.07) is 14.5. The van der Waals surface area contributed by atoms with Gasteiger partial charge in [0.05, 0.1) is 35.1 Å². The number of carboxylic acid groups (broad SMARTS) is 1. The first-order valence-electron chi connectivity index (χ1n) is 17.4. The molecule has 276 valence electrons. The highest BCUT2D eigenvalue weighted by atomic mass is 32.2. The van der Waals surface area contributed by atoms with Crippen LogP contribution in [0.4, 0.5) is 8.78 Å². The standard InChI is InChI=1S/C39H44F2N4O6S/c1-24(46)22-45-36-30-20-27(10-11-31(30)40)51-35-29(28-13-17-42-33(28)21-32(35)41)14-18-52(49,50)23-38(2,3)15-6-16-39(4,37(43-36)44-45)26-8-5-7-25(19-26)9-12-34(47)48/h5,7-8,10-11,13,17,19-21,24,42,46H,6,9,12,14-16,18,22-23H2,1-4H3,(H,47,48)/t24?,39-/m1/s1. The van der Waals surface area contributed by atoms with Crippen molar-refractivity contribution in [2.24, 2.45) is 5.41 Å². The third-order valence-corrected chi connectivity index (χ3v) is 11.9. The summed E-state index contributed by atoms with van der Waals surface area (Å²) >= 11 is 0. The molecule has 10 nitrogen and oxygen atoms in total. The number of nitrogens with one attached hydrogen (secondary N) is 1. The highest BCUT2D eigenvalue weighted by Crippen LogP contribution is 2.41. The van der Waals surface area contributed by atoms with Crippen molar-refractivity contribution in [2.75, 3.05) is 11.5 Å². The van der Waals surface area contributed by atoms with Crippen LogP contribution >= 0.6 is 0 Å². The van der Waals surface area contributed by atoms with Crippen LogP contribution in [-0.2, 0) is 39.4 Å². The van der Waals surface area contributed by atoms with Crippen molar-refractivity contribution in [1.29, 1.82) is 0 Å². The van der Waals surface area contributed by atoms with Gasteiger partial charge in [-0.05, 0) is 80.3 Å². The molecule has 1 unspecified atom stereocenters. The van der Waals surface area contributed by atoms with Gasteiger partial charge in [0.1, 0.15) is 11.6 Å². The molecule has 3 heterocycles. The fraction of sp³-hybridized carbons (Fsp3) is 0.410. The van der Waals surface area contributed by atoms with Gasteiger partial charge in [0.15, 0.2) is 33.1 Å². The predicted molar refractivity (Wildman–Crippen MR) is 194 cm³/mol. The molecule has 0 amide bonds. The second-order valence-corrected chi connectivity index (χ2v) is 17.1. The molecule has 2 aromatic heterocycles. The van der Waals surface area contributed by atoms with E-state index < -0.39 is 44.4 Å². The van der Waals surface area contributed by atoms with E-state index in [1.165, 1.54) is 28.9 Å². The monoisotopic (exact) mass is 734 g/mol. The number of aromatic amines is 1. The van der Waals surface area contributed by atoms with Gasteiger partial charge in [-0.1, -0.05) is 44.5 Å². The molecule has 0 saturated carbocycles. The minimum absolute atomic E-state index is 0.00369. The Balaban J connectivity index is 1.54. The number of aryl methyl sites for hydroxylation is 2. The number of sulfone groups is 1. The van der Waals surface area contributed by atoms with Crippen molar-refractivity contribution >= 4 is 26.7 Å². The number of aliphatic hydroxyl groups is 1.